The molecule has 0 atom stereocenters. The van der Waals surface area contributed by atoms with E-state index >= 15 is 0 Å². The average molecular weight is 341 g/mol. The van der Waals surface area contributed by atoms with Crippen molar-refractivity contribution in [2.45, 2.75) is 32.4 Å². The van der Waals surface area contributed by atoms with Gasteiger partial charge in [0.2, 0.25) is 0 Å². The number of hydrogen-bond donors (Lipinski definition) is 2. The first-order chi connectivity index (χ1) is 11.7. The lowest BCUT2D eigenvalue weighted by atomic mass is 10.0. The summed E-state index contributed by atoms with van der Waals surface area (Å²) in [6, 6.07) is 11.9. The van der Waals surface area contributed by atoms with Gasteiger partial charge in [-0.15, -0.1) is 0 Å². The highest BCUT2D eigenvalue weighted by molar-refractivity contribution is 7.71. The maximum atomic E-state index is 12.3. The molecule has 126 valence electrons. The Labute approximate surface area is 147 Å². The number of hydrogen-bond acceptors (Lipinski definition) is 3. The molecule has 1 fully saturated rings. The van der Waals surface area contributed by atoms with Crippen LogP contribution < -0.4 is 5.32 Å². The molecule has 4 nitrogen and oxygen atoms in total. The van der Waals surface area contributed by atoms with Crippen molar-refractivity contribution < 1.29 is 4.79 Å². The van der Waals surface area contributed by atoms with Crippen molar-refractivity contribution in [1.82, 2.24) is 15.2 Å². The Balaban J connectivity index is 1.66. The Morgan fingerprint density at radius 2 is 1.83 bits per heavy atom. The maximum Gasteiger partial charge on any atom is 0.254 e. The molecule has 0 radical (unpaired) electrons. The van der Waals surface area contributed by atoms with Crippen LogP contribution in [0, 0.1) is 4.64 Å². The molecule has 1 aromatic heterocycles. The number of carbonyl (C=O) groups is 1. The van der Waals surface area contributed by atoms with Gasteiger partial charge in [-0.2, -0.15) is 0 Å². The summed E-state index contributed by atoms with van der Waals surface area (Å²) in [5.74, 6) is -0.135. The van der Waals surface area contributed by atoms with E-state index in [1.54, 1.807) is 18.3 Å². The van der Waals surface area contributed by atoms with E-state index in [-0.39, 0.29) is 5.91 Å². The number of nitrogens with one attached hydrogen (secondary N) is 2. The molecule has 24 heavy (non-hydrogen) atoms. The fourth-order valence-electron chi connectivity index (χ4n) is 3.11. The number of aromatic nitrogens is 1. The van der Waals surface area contributed by atoms with E-state index in [0.29, 0.717) is 16.7 Å². The van der Waals surface area contributed by atoms with Gasteiger partial charge in [-0.05, 0) is 49.2 Å². The summed E-state index contributed by atoms with van der Waals surface area (Å²) >= 11 is 5.17. The highest BCUT2D eigenvalue weighted by Gasteiger charge is 2.13. The van der Waals surface area contributed by atoms with Crippen molar-refractivity contribution in [2.24, 2.45) is 0 Å². The van der Waals surface area contributed by atoms with E-state index in [4.69, 9.17) is 12.2 Å². The lowest BCUT2D eigenvalue weighted by Gasteiger charge is -2.27. The van der Waals surface area contributed by atoms with Gasteiger partial charge < -0.3 is 10.3 Å². The van der Waals surface area contributed by atoms with E-state index in [1.807, 2.05) is 6.07 Å². The third-order valence-electron chi connectivity index (χ3n) is 4.46. The topological polar surface area (TPSA) is 48.1 Å². The fourth-order valence-corrected chi connectivity index (χ4v) is 3.34. The van der Waals surface area contributed by atoms with Crippen LogP contribution in [0.15, 0.2) is 42.6 Å². The third kappa shape index (κ3) is 4.30. The second kappa shape index (κ2) is 8.22. The summed E-state index contributed by atoms with van der Waals surface area (Å²) < 4.78 is 0.469. The molecule has 1 aliphatic rings. The second-order valence-corrected chi connectivity index (χ2v) is 6.61. The zero-order valence-corrected chi connectivity index (χ0v) is 14.6. The zero-order chi connectivity index (χ0) is 16.8. The van der Waals surface area contributed by atoms with Crippen LogP contribution in [-0.2, 0) is 13.1 Å². The molecule has 2 N–H and O–H groups in total. The molecule has 0 spiro atoms. The Hall–Kier alpha value is -1.98. The minimum absolute atomic E-state index is 0.135. The number of aromatic amines is 1. The van der Waals surface area contributed by atoms with E-state index in [9.17, 15) is 4.79 Å². The first-order valence-corrected chi connectivity index (χ1v) is 8.90. The van der Waals surface area contributed by atoms with Gasteiger partial charge in [-0.3, -0.25) is 9.69 Å². The number of benzene rings is 1. The van der Waals surface area contributed by atoms with Crippen molar-refractivity contribution in [3.05, 3.63) is 63.9 Å². The number of likely N-dealkylation sites (tertiary alicyclic amines) is 1. The number of pyridine rings is 1. The third-order valence-corrected chi connectivity index (χ3v) is 4.80. The second-order valence-electron chi connectivity index (χ2n) is 6.20. The molecular formula is C19H23N3OS. The van der Waals surface area contributed by atoms with Gasteiger partial charge in [0.25, 0.3) is 5.91 Å². The molecule has 1 aliphatic heterocycles. The first-order valence-electron chi connectivity index (χ1n) is 8.49. The summed E-state index contributed by atoms with van der Waals surface area (Å²) in [5.41, 5.74) is 2.97. The van der Waals surface area contributed by atoms with E-state index in [1.165, 1.54) is 43.5 Å². The molecule has 1 amide bonds. The predicted octanol–water partition coefficient (Wildman–Crippen LogP) is 3.66. The Bertz CT molecular complexity index is 750. The number of nitrogens with zero attached hydrogens (tertiary/aromatic N) is 1. The van der Waals surface area contributed by atoms with E-state index in [0.717, 1.165) is 6.54 Å². The van der Waals surface area contributed by atoms with Gasteiger partial charge in [-0.1, -0.05) is 42.9 Å². The van der Waals surface area contributed by atoms with Gasteiger partial charge in [-0.25, -0.2) is 0 Å². The fraction of sp³-hybridized carbons (Fsp3) is 0.368. The zero-order valence-electron chi connectivity index (χ0n) is 13.8. The van der Waals surface area contributed by atoms with Crippen molar-refractivity contribution in [3.63, 3.8) is 0 Å². The van der Waals surface area contributed by atoms with E-state index < -0.39 is 0 Å². The minimum Gasteiger partial charge on any atom is -0.352 e. The molecule has 0 bridgehead atoms. The Kier molecular flexibility index (Phi) is 5.77. The highest BCUT2D eigenvalue weighted by Crippen LogP contribution is 2.16. The molecule has 0 saturated carbocycles. The van der Waals surface area contributed by atoms with Crippen LogP contribution in [-0.4, -0.2) is 28.9 Å². The lowest BCUT2D eigenvalue weighted by molar-refractivity contribution is 0.0950. The summed E-state index contributed by atoms with van der Waals surface area (Å²) in [6.45, 7) is 3.81. The number of amides is 1. The smallest absolute Gasteiger partial charge is 0.254 e. The van der Waals surface area contributed by atoms with Crippen molar-refractivity contribution in [1.29, 1.82) is 0 Å². The summed E-state index contributed by atoms with van der Waals surface area (Å²) in [7, 11) is 0. The molecule has 2 aromatic rings. The van der Waals surface area contributed by atoms with Crippen LogP contribution in [0.25, 0.3) is 0 Å². The first kappa shape index (κ1) is 16.9. The number of piperidine rings is 1. The van der Waals surface area contributed by atoms with Gasteiger partial charge in [0.05, 0.1) is 5.56 Å². The largest absolute Gasteiger partial charge is 0.352 e. The predicted molar refractivity (Wildman–Crippen MR) is 98.4 cm³/mol. The van der Waals surface area contributed by atoms with Gasteiger partial charge in [0.15, 0.2) is 0 Å². The molecule has 5 heteroatoms. The molecule has 2 heterocycles. The molecule has 0 aliphatic carbocycles. The van der Waals surface area contributed by atoms with Crippen LogP contribution in [0.3, 0.4) is 0 Å². The molecule has 1 aromatic carbocycles. The normalized spacial score (nSPS) is 15.2. The molecule has 3 rings (SSSR count). The minimum atomic E-state index is -0.135. The molecule has 1 saturated heterocycles. The summed E-state index contributed by atoms with van der Waals surface area (Å²) in [5, 5.41) is 2.99. The quantitative estimate of drug-likeness (QED) is 0.816. The lowest BCUT2D eigenvalue weighted by Crippen LogP contribution is -2.30. The van der Waals surface area contributed by atoms with E-state index in [2.05, 4.69) is 33.4 Å². The van der Waals surface area contributed by atoms with Crippen molar-refractivity contribution in [2.75, 3.05) is 13.1 Å². The molecular weight excluding hydrogens is 318 g/mol. The van der Waals surface area contributed by atoms with Crippen LogP contribution in [0.5, 0.6) is 0 Å². The van der Waals surface area contributed by atoms with Crippen LogP contribution >= 0.6 is 12.2 Å². The Morgan fingerprint density at radius 3 is 2.58 bits per heavy atom. The van der Waals surface area contributed by atoms with Gasteiger partial charge in [0, 0.05) is 19.3 Å². The van der Waals surface area contributed by atoms with Crippen LogP contribution in [0.1, 0.15) is 40.7 Å². The monoisotopic (exact) mass is 341 g/mol. The molecule has 0 unspecified atom stereocenters. The summed E-state index contributed by atoms with van der Waals surface area (Å²) in [6.07, 6.45) is 5.63. The van der Waals surface area contributed by atoms with Crippen molar-refractivity contribution >= 4 is 18.1 Å². The maximum absolute atomic E-state index is 12.3. The van der Waals surface area contributed by atoms with Crippen LogP contribution in [0.4, 0.5) is 0 Å². The Morgan fingerprint density at radius 1 is 1.08 bits per heavy atom. The number of H-pyrrole nitrogens is 1. The number of carbonyl (C=O) groups excluding carboxylic acids is 1. The summed E-state index contributed by atoms with van der Waals surface area (Å²) in [4.78, 5) is 17.7. The van der Waals surface area contributed by atoms with Crippen LogP contribution in [0.2, 0.25) is 0 Å². The standard InChI is InChI=1S/C19H23N3OS/c23-18(17-9-6-10-20-19(17)24)21-13-15-7-2-3-8-16(15)14-22-11-4-1-5-12-22/h2-3,6-10H,1,4-5,11-14H2,(H,20,24)(H,21,23). The number of rotatable bonds is 5. The van der Waals surface area contributed by atoms with Gasteiger partial charge >= 0.3 is 0 Å². The average Bonchev–Trinajstić information content (AvgIpc) is 2.62. The van der Waals surface area contributed by atoms with Gasteiger partial charge in [0.1, 0.15) is 4.64 Å². The van der Waals surface area contributed by atoms with Crippen molar-refractivity contribution in [3.8, 4) is 0 Å². The SMILES string of the molecule is O=C(NCc1ccccc1CN1CCCCC1)c1ccc[nH]c1=S. The highest BCUT2D eigenvalue weighted by atomic mass is 32.1.